The van der Waals surface area contributed by atoms with Crippen molar-refractivity contribution in [2.24, 2.45) is 5.73 Å². The first-order chi connectivity index (χ1) is 9.13. The molecule has 0 saturated carbocycles. The van der Waals surface area contributed by atoms with Gasteiger partial charge in [0.2, 0.25) is 0 Å². The summed E-state index contributed by atoms with van der Waals surface area (Å²) >= 11 is 0. The van der Waals surface area contributed by atoms with E-state index in [2.05, 4.69) is 13.8 Å². The van der Waals surface area contributed by atoms with Gasteiger partial charge < -0.3 is 10.6 Å². The van der Waals surface area contributed by atoms with Crippen LogP contribution in [-0.2, 0) is 0 Å². The highest BCUT2D eigenvalue weighted by Crippen LogP contribution is 2.22. The first-order valence-corrected chi connectivity index (χ1v) is 7.21. The third kappa shape index (κ3) is 3.16. The van der Waals surface area contributed by atoms with Gasteiger partial charge in [0.25, 0.3) is 5.91 Å². The van der Waals surface area contributed by atoms with Crippen molar-refractivity contribution in [2.75, 3.05) is 13.1 Å². The molecule has 1 aliphatic heterocycles. The number of likely N-dealkylation sites (tertiary alicyclic amines) is 1. The number of rotatable bonds is 3. The molecule has 1 amide bonds. The first-order valence-electron chi connectivity index (χ1n) is 7.21. The van der Waals surface area contributed by atoms with E-state index in [0.29, 0.717) is 12.6 Å². The Labute approximate surface area is 115 Å². The van der Waals surface area contributed by atoms with Gasteiger partial charge in [-0.1, -0.05) is 6.07 Å². The quantitative estimate of drug-likeness (QED) is 0.908. The molecule has 1 atom stereocenters. The fraction of sp³-hybridized carbons (Fsp3) is 0.562. The second-order valence-corrected chi connectivity index (χ2v) is 5.52. The standard InChI is InChI=1S/C16H24N2O/c1-12-6-7-14(11-13(12)2)16(19)18-10-4-3-5-15(18)8-9-17/h6-7,11,15H,3-5,8-10,17H2,1-2H3. The SMILES string of the molecule is Cc1ccc(C(=O)N2CCCCC2CCN)cc1C. The number of piperidine rings is 1. The summed E-state index contributed by atoms with van der Waals surface area (Å²) in [4.78, 5) is 14.7. The van der Waals surface area contributed by atoms with Crippen molar-refractivity contribution in [2.45, 2.75) is 45.6 Å². The molecule has 1 aromatic carbocycles. The lowest BCUT2D eigenvalue weighted by Crippen LogP contribution is -2.44. The molecule has 1 heterocycles. The minimum Gasteiger partial charge on any atom is -0.336 e. The maximum atomic E-state index is 12.6. The van der Waals surface area contributed by atoms with Gasteiger partial charge in [-0.3, -0.25) is 4.79 Å². The number of benzene rings is 1. The molecule has 1 aromatic rings. The average molecular weight is 260 g/mol. The van der Waals surface area contributed by atoms with Gasteiger partial charge in [-0.15, -0.1) is 0 Å². The second-order valence-electron chi connectivity index (χ2n) is 5.52. The van der Waals surface area contributed by atoms with Crippen LogP contribution in [0.1, 0.15) is 47.2 Å². The summed E-state index contributed by atoms with van der Waals surface area (Å²) in [5.74, 6) is 0.168. The molecule has 19 heavy (non-hydrogen) atoms. The highest BCUT2D eigenvalue weighted by Gasteiger charge is 2.26. The van der Waals surface area contributed by atoms with Gasteiger partial charge in [-0.25, -0.2) is 0 Å². The van der Waals surface area contributed by atoms with Crippen LogP contribution in [-0.4, -0.2) is 29.9 Å². The van der Waals surface area contributed by atoms with Gasteiger partial charge in [-0.2, -0.15) is 0 Å². The van der Waals surface area contributed by atoms with Crippen molar-refractivity contribution in [1.82, 2.24) is 4.90 Å². The van der Waals surface area contributed by atoms with E-state index < -0.39 is 0 Å². The first kappa shape index (κ1) is 14.1. The lowest BCUT2D eigenvalue weighted by atomic mass is 9.97. The van der Waals surface area contributed by atoms with E-state index in [0.717, 1.165) is 31.4 Å². The van der Waals surface area contributed by atoms with Gasteiger partial charge >= 0.3 is 0 Å². The van der Waals surface area contributed by atoms with Crippen LogP contribution < -0.4 is 5.73 Å². The molecule has 2 N–H and O–H groups in total. The van der Waals surface area contributed by atoms with Crippen LogP contribution in [0.3, 0.4) is 0 Å². The predicted octanol–water partition coefficient (Wildman–Crippen LogP) is 2.65. The Balaban J connectivity index is 2.18. The number of nitrogens with two attached hydrogens (primary N) is 1. The van der Waals surface area contributed by atoms with Crippen LogP contribution in [0, 0.1) is 13.8 Å². The van der Waals surface area contributed by atoms with Gasteiger partial charge in [0.1, 0.15) is 0 Å². The summed E-state index contributed by atoms with van der Waals surface area (Å²) in [6, 6.07) is 6.31. The van der Waals surface area contributed by atoms with Crippen molar-refractivity contribution in [3.05, 3.63) is 34.9 Å². The van der Waals surface area contributed by atoms with Gasteiger partial charge in [0.05, 0.1) is 0 Å². The van der Waals surface area contributed by atoms with Crippen molar-refractivity contribution in [3.8, 4) is 0 Å². The van der Waals surface area contributed by atoms with E-state index >= 15 is 0 Å². The van der Waals surface area contributed by atoms with Crippen molar-refractivity contribution < 1.29 is 4.79 Å². The number of carbonyl (C=O) groups is 1. The Bertz CT molecular complexity index is 454. The number of hydrogen-bond donors (Lipinski definition) is 1. The van der Waals surface area contributed by atoms with Crippen LogP contribution >= 0.6 is 0 Å². The molecule has 0 bridgehead atoms. The molecular weight excluding hydrogens is 236 g/mol. The van der Waals surface area contributed by atoms with E-state index in [-0.39, 0.29) is 5.91 Å². The maximum Gasteiger partial charge on any atom is 0.254 e. The molecule has 3 heteroatoms. The summed E-state index contributed by atoms with van der Waals surface area (Å²) in [6.07, 6.45) is 4.32. The predicted molar refractivity (Wildman–Crippen MR) is 78.3 cm³/mol. The van der Waals surface area contributed by atoms with Crippen LogP contribution in [0.4, 0.5) is 0 Å². The number of amides is 1. The summed E-state index contributed by atoms with van der Waals surface area (Å²) in [5.41, 5.74) is 8.89. The molecule has 3 nitrogen and oxygen atoms in total. The molecule has 0 aliphatic carbocycles. The second kappa shape index (κ2) is 6.20. The fourth-order valence-electron chi connectivity index (χ4n) is 2.80. The normalized spacial score (nSPS) is 19.5. The topological polar surface area (TPSA) is 46.3 Å². The number of aryl methyl sites for hydroxylation is 2. The maximum absolute atomic E-state index is 12.6. The van der Waals surface area contributed by atoms with Crippen molar-refractivity contribution in [3.63, 3.8) is 0 Å². The van der Waals surface area contributed by atoms with E-state index in [1.54, 1.807) is 0 Å². The Hall–Kier alpha value is -1.35. The molecule has 1 fully saturated rings. The van der Waals surface area contributed by atoms with E-state index in [4.69, 9.17) is 5.73 Å². The Kier molecular flexibility index (Phi) is 4.59. The zero-order valence-electron chi connectivity index (χ0n) is 12.0. The van der Waals surface area contributed by atoms with Crippen molar-refractivity contribution >= 4 is 5.91 Å². The monoisotopic (exact) mass is 260 g/mol. The van der Waals surface area contributed by atoms with Gasteiger partial charge in [0, 0.05) is 18.2 Å². The smallest absolute Gasteiger partial charge is 0.254 e. The molecule has 0 spiro atoms. The third-order valence-electron chi connectivity index (χ3n) is 4.14. The van der Waals surface area contributed by atoms with E-state index in [9.17, 15) is 4.79 Å². The summed E-state index contributed by atoms with van der Waals surface area (Å²) in [6.45, 7) is 5.65. The largest absolute Gasteiger partial charge is 0.336 e. The Morgan fingerprint density at radius 2 is 2.11 bits per heavy atom. The summed E-state index contributed by atoms with van der Waals surface area (Å²) < 4.78 is 0. The molecule has 1 unspecified atom stereocenters. The minimum atomic E-state index is 0.168. The van der Waals surface area contributed by atoms with Crippen molar-refractivity contribution in [1.29, 1.82) is 0 Å². The third-order valence-corrected chi connectivity index (χ3v) is 4.14. The Morgan fingerprint density at radius 1 is 1.32 bits per heavy atom. The number of hydrogen-bond acceptors (Lipinski definition) is 2. The lowest BCUT2D eigenvalue weighted by Gasteiger charge is -2.36. The van der Waals surface area contributed by atoms with Gasteiger partial charge in [0.15, 0.2) is 0 Å². The Morgan fingerprint density at radius 3 is 2.79 bits per heavy atom. The molecule has 0 radical (unpaired) electrons. The van der Waals surface area contributed by atoms with Gasteiger partial charge in [-0.05, 0) is 69.3 Å². The number of nitrogens with zero attached hydrogens (tertiary/aromatic N) is 1. The molecule has 104 valence electrons. The van der Waals surface area contributed by atoms with E-state index in [1.807, 2.05) is 23.1 Å². The molecule has 1 aliphatic rings. The zero-order valence-corrected chi connectivity index (χ0v) is 12.0. The molecule has 0 aromatic heterocycles. The van der Waals surface area contributed by atoms with Crippen LogP contribution in [0.25, 0.3) is 0 Å². The average Bonchev–Trinajstić information content (AvgIpc) is 2.42. The number of carbonyl (C=O) groups excluding carboxylic acids is 1. The van der Waals surface area contributed by atoms with Crippen LogP contribution in [0.2, 0.25) is 0 Å². The van der Waals surface area contributed by atoms with Crippen LogP contribution in [0.5, 0.6) is 0 Å². The minimum absolute atomic E-state index is 0.168. The molecule has 1 saturated heterocycles. The zero-order chi connectivity index (χ0) is 13.8. The highest BCUT2D eigenvalue weighted by atomic mass is 16.2. The summed E-state index contributed by atoms with van der Waals surface area (Å²) in [7, 11) is 0. The van der Waals surface area contributed by atoms with Crippen LogP contribution in [0.15, 0.2) is 18.2 Å². The molecular formula is C16H24N2O. The summed E-state index contributed by atoms with van der Waals surface area (Å²) in [5, 5.41) is 0. The van der Waals surface area contributed by atoms with E-state index in [1.165, 1.54) is 17.5 Å². The highest BCUT2D eigenvalue weighted by molar-refractivity contribution is 5.94. The lowest BCUT2D eigenvalue weighted by molar-refractivity contribution is 0.0605. The molecule has 2 rings (SSSR count). The fourth-order valence-corrected chi connectivity index (χ4v) is 2.80.